The summed E-state index contributed by atoms with van der Waals surface area (Å²) in [6.45, 7) is 0. The van der Waals surface area contributed by atoms with Crippen LogP contribution in [0.4, 0.5) is 10.2 Å². The monoisotopic (exact) mass is 213 g/mol. The van der Waals surface area contributed by atoms with E-state index in [0.717, 1.165) is 12.8 Å². The first-order valence-electron chi connectivity index (χ1n) is 4.66. The summed E-state index contributed by atoms with van der Waals surface area (Å²) < 4.78 is 12.7. The maximum atomic E-state index is 12.7. The maximum Gasteiger partial charge on any atom is 0.217 e. The van der Waals surface area contributed by atoms with Crippen LogP contribution in [0, 0.1) is 5.95 Å². The van der Waals surface area contributed by atoms with Crippen molar-refractivity contribution in [2.24, 2.45) is 0 Å². The lowest BCUT2D eigenvalue weighted by molar-refractivity contribution is 0.578. The Morgan fingerprint density at radius 1 is 1.36 bits per heavy atom. The number of hydrogen-bond acceptors (Lipinski definition) is 4. The molecule has 0 atom stereocenters. The van der Waals surface area contributed by atoms with Crippen LogP contribution in [-0.2, 0) is 0 Å². The third-order valence-electron chi connectivity index (χ3n) is 2.21. The van der Waals surface area contributed by atoms with Crippen LogP contribution in [0.5, 0.6) is 0 Å². The predicted octanol–water partition coefficient (Wildman–Crippen LogP) is 1.92. The van der Waals surface area contributed by atoms with Gasteiger partial charge in [-0.05, 0) is 24.3 Å². The van der Waals surface area contributed by atoms with Gasteiger partial charge in [-0.25, -0.2) is 9.97 Å². The molecule has 0 aromatic carbocycles. The number of aromatic nitrogens is 2. The molecule has 0 aliphatic carbocycles. The highest BCUT2D eigenvalue weighted by atomic mass is 32.2. The summed E-state index contributed by atoms with van der Waals surface area (Å²) >= 11 is 1.97. The van der Waals surface area contributed by atoms with Gasteiger partial charge in [-0.15, -0.1) is 0 Å². The molecule has 2 rings (SSSR count). The molecule has 0 amide bonds. The molecule has 1 aromatic heterocycles. The number of thioether (sulfide) groups is 1. The molecule has 3 nitrogen and oxygen atoms in total. The zero-order valence-corrected chi connectivity index (χ0v) is 8.56. The van der Waals surface area contributed by atoms with Crippen molar-refractivity contribution in [3.8, 4) is 0 Å². The summed E-state index contributed by atoms with van der Waals surface area (Å²) in [6, 6.07) is 1.77. The van der Waals surface area contributed by atoms with E-state index in [4.69, 9.17) is 0 Å². The first kappa shape index (κ1) is 9.71. The lowest BCUT2D eigenvalue weighted by Crippen LogP contribution is -2.25. The molecule has 2 heterocycles. The van der Waals surface area contributed by atoms with E-state index in [0.29, 0.717) is 11.9 Å². The van der Waals surface area contributed by atoms with Crippen LogP contribution in [0.15, 0.2) is 12.4 Å². The second-order valence-electron chi connectivity index (χ2n) is 3.26. The van der Waals surface area contributed by atoms with Gasteiger partial charge in [0.05, 0.1) is 0 Å². The molecule has 1 fully saturated rings. The van der Waals surface area contributed by atoms with Gasteiger partial charge in [-0.3, -0.25) is 0 Å². The Morgan fingerprint density at radius 3 is 2.86 bits per heavy atom. The van der Waals surface area contributed by atoms with Gasteiger partial charge >= 0.3 is 0 Å². The molecular weight excluding hydrogens is 201 g/mol. The van der Waals surface area contributed by atoms with Crippen LogP contribution in [0.2, 0.25) is 0 Å². The van der Waals surface area contributed by atoms with Crippen molar-refractivity contribution in [3.63, 3.8) is 0 Å². The second-order valence-corrected chi connectivity index (χ2v) is 4.48. The Kier molecular flexibility index (Phi) is 3.18. The highest BCUT2D eigenvalue weighted by Gasteiger charge is 2.13. The summed E-state index contributed by atoms with van der Waals surface area (Å²) in [4.78, 5) is 7.38. The van der Waals surface area contributed by atoms with E-state index >= 15 is 0 Å². The van der Waals surface area contributed by atoms with Crippen LogP contribution in [0.1, 0.15) is 12.8 Å². The fraction of sp³-hybridized carbons (Fsp3) is 0.556. The maximum absolute atomic E-state index is 12.7. The van der Waals surface area contributed by atoms with Crippen LogP contribution >= 0.6 is 11.8 Å². The molecule has 14 heavy (non-hydrogen) atoms. The van der Waals surface area contributed by atoms with Gasteiger partial charge in [0.1, 0.15) is 12.1 Å². The first-order valence-corrected chi connectivity index (χ1v) is 5.82. The smallest absolute Gasteiger partial charge is 0.217 e. The molecule has 1 aromatic rings. The summed E-state index contributed by atoms with van der Waals surface area (Å²) in [5, 5.41) is 3.22. The molecule has 5 heteroatoms. The van der Waals surface area contributed by atoms with Gasteiger partial charge in [0, 0.05) is 12.1 Å². The molecule has 0 unspecified atom stereocenters. The molecular formula is C9H12FN3S. The standard InChI is InChI=1S/C9H12FN3S/c10-8-5-9(12-6-11-8)13-7-1-3-14-4-2-7/h5-7H,1-4H2,(H,11,12,13). The van der Waals surface area contributed by atoms with Gasteiger partial charge in [0.25, 0.3) is 0 Å². The second kappa shape index (κ2) is 4.59. The van der Waals surface area contributed by atoms with E-state index in [9.17, 15) is 4.39 Å². The number of nitrogens with one attached hydrogen (secondary N) is 1. The fourth-order valence-corrected chi connectivity index (χ4v) is 2.57. The summed E-state index contributed by atoms with van der Waals surface area (Å²) in [6.07, 6.45) is 3.49. The minimum atomic E-state index is -0.479. The fourth-order valence-electron chi connectivity index (χ4n) is 1.46. The van der Waals surface area contributed by atoms with E-state index in [1.807, 2.05) is 11.8 Å². The Balaban J connectivity index is 1.95. The molecule has 1 aliphatic heterocycles. The number of anilines is 1. The van der Waals surface area contributed by atoms with Gasteiger partial charge in [0.15, 0.2) is 0 Å². The highest BCUT2D eigenvalue weighted by molar-refractivity contribution is 7.99. The zero-order chi connectivity index (χ0) is 9.80. The quantitative estimate of drug-likeness (QED) is 0.762. The van der Waals surface area contributed by atoms with Gasteiger partial charge in [-0.2, -0.15) is 16.2 Å². The molecule has 0 bridgehead atoms. The third-order valence-corrected chi connectivity index (χ3v) is 3.26. The Labute approximate surface area is 86.5 Å². The third kappa shape index (κ3) is 2.57. The molecule has 1 aliphatic rings. The number of rotatable bonds is 2. The van der Waals surface area contributed by atoms with Crippen molar-refractivity contribution in [1.29, 1.82) is 0 Å². The van der Waals surface area contributed by atoms with E-state index in [1.54, 1.807) is 0 Å². The van der Waals surface area contributed by atoms with E-state index in [2.05, 4.69) is 15.3 Å². The lowest BCUT2D eigenvalue weighted by Gasteiger charge is -2.22. The van der Waals surface area contributed by atoms with Crippen molar-refractivity contribution in [3.05, 3.63) is 18.3 Å². The van der Waals surface area contributed by atoms with Gasteiger partial charge in [0.2, 0.25) is 5.95 Å². The van der Waals surface area contributed by atoms with Crippen molar-refractivity contribution in [2.75, 3.05) is 16.8 Å². The van der Waals surface area contributed by atoms with E-state index in [1.165, 1.54) is 23.9 Å². The summed E-state index contributed by atoms with van der Waals surface area (Å²) in [7, 11) is 0. The summed E-state index contributed by atoms with van der Waals surface area (Å²) in [5.74, 6) is 2.46. The number of hydrogen-bond donors (Lipinski definition) is 1. The Bertz CT molecular complexity index is 302. The van der Waals surface area contributed by atoms with Crippen molar-refractivity contribution in [2.45, 2.75) is 18.9 Å². The lowest BCUT2D eigenvalue weighted by atomic mass is 10.1. The van der Waals surface area contributed by atoms with E-state index in [-0.39, 0.29) is 0 Å². The molecule has 0 spiro atoms. The average Bonchev–Trinajstić information content (AvgIpc) is 2.19. The minimum absolute atomic E-state index is 0.436. The van der Waals surface area contributed by atoms with Crippen LogP contribution in [-0.4, -0.2) is 27.5 Å². The molecule has 0 radical (unpaired) electrons. The van der Waals surface area contributed by atoms with Crippen molar-refractivity contribution < 1.29 is 4.39 Å². The first-order chi connectivity index (χ1) is 6.84. The van der Waals surface area contributed by atoms with Crippen LogP contribution < -0.4 is 5.32 Å². The number of nitrogens with zero attached hydrogens (tertiary/aromatic N) is 2. The predicted molar refractivity (Wildman–Crippen MR) is 56.0 cm³/mol. The van der Waals surface area contributed by atoms with Crippen molar-refractivity contribution >= 4 is 17.6 Å². The largest absolute Gasteiger partial charge is 0.367 e. The molecule has 1 N–H and O–H groups in total. The average molecular weight is 213 g/mol. The topological polar surface area (TPSA) is 37.8 Å². The molecule has 1 saturated heterocycles. The normalized spacial score (nSPS) is 18.1. The van der Waals surface area contributed by atoms with Gasteiger partial charge in [-0.1, -0.05) is 0 Å². The molecule has 0 saturated carbocycles. The number of halogens is 1. The highest BCUT2D eigenvalue weighted by Crippen LogP contribution is 2.19. The Morgan fingerprint density at radius 2 is 2.14 bits per heavy atom. The van der Waals surface area contributed by atoms with Gasteiger partial charge < -0.3 is 5.32 Å². The SMILES string of the molecule is Fc1cc(NC2CCSCC2)ncn1. The van der Waals surface area contributed by atoms with Crippen LogP contribution in [0.25, 0.3) is 0 Å². The minimum Gasteiger partial charge on any atom is -0.367 e. The van der Waals surface area contributed by atoms with Crippen LogP contribution in [0.3, 0.4) is 0 Å². The van der Waals surface area contributed by atoms with Crippen molar-refractivity contribution in [1.82, 2.24) is 9.97 Å². The molecule has 76 valence electrons. The summed E-state index contributed by atoms with van der Waals surface area (Å²) in [5.41, 5.74) is 0. The Hall–Kier alpha value is -0.840. The van der Waals surface area contributed by atoms with E-state index < -0.39 is 5.95 Å². The zero-order valence-electron chi connectivity index (χ0n) is 7.74.